The maximum atomic E-state index is 12.2. The summed E-state index contributed by atoms with van der Waals surface area (Å²) in [5.74, 6) is -0.0117. The van der Waals surface area contributed by atoms with Crippen LogP contribution in [0.25, 0.3) is 0 Å². The van der Waals surface area contributed by atoms with Gasteiger partial charge in [0.2, 0.25) is 5.91 Å². The molecule has 1 unspecified atom stereocenters. The smallest absolute Gasteiger partial charge is 0.241 e. The van der Waals surface area contributed by atoms with E-state index in [1.165, 1.54) is 0 Å². The van der Waals surface area contributed by atoms with E-state index in [4.69, 9.17) is 10.5 Å². The van der Waals surface area contributed by atoms with Crippen LogP contribution in [0.4, 0.5) is 0 Å². The molecular weight excluding hydrogens is 312 g/mol. The van der Waals surface area contributed by atoms with Crippen molar-refractivity contribution >= 4 is 29.7 Å². The minimum Gasteiger partial charge on any atom is -0.383 e. The Labute approximate surface area is 135 Å². The van der Waals surface area contributed by atoms with E-state index in [2.05, 4.69) is 15.3 Å². The molecule has 0 aromatic carbocycles. The summed E-state index contributed by atoms with van der Waals surface area (Å²) < 4.78 is 4.95. The molecule has 0 spiro atoms. The fourth-order valence-electron chi connectivity index (χ4n) is 2.38. The molecule has 1 saturated heterocycles. The predicted molar refractivity (Wildman–Crippen MR) is 85.7 cm³/mol. The standard InChI is InChI=1S/C13H22N4O2S.ClH/c1-19-8-12(14)13(18)17-4-2-3-16(5-6-17)7-11-9-20-10-15-11;/h9-10,12H,2-8,14H2,1H3;1H. The first kappa shape index (κ1) is 18.3. The number of carbonyl (C=O) groups excluding carboxylic acids is 1. The molecule has 0 aliphatic carbocycles. The number of halogens is 1. The summed E-state index contributed by atoms with van der Waals surface area (Å²) in [5, 5.41) is 2.07. The topological polar surface area (TPSA) is 71.7 Å². The first-order valence-electron chi connectivity index (χ1n) is 6.83. The van der Waals surface area contributed by atoms with E-state index in [0.717, 1.165) is 44.8 Å². The molecule has 2 rings (SSSR count). The van der Waals surface area contributed by atoms with Crippen molar-refractivity contribution in [2.24, 2.45) is 5.73 Å². The quantitative estimate of drug-likeness (QED) is 0.852. The molecule has 1 aliphatic rings. The molecule has 1 aliphatic heterocycles. The lowest BCUT2D eigenvalue weighted by Crippen LogP contribution is -2.47. The number of nitrogens with two attached hydrogens (primary N) is 1. The summed E-state index contributed by atoms with van der Waals surface area (Å²) in [7, 11) is 1.56. The van der Waals surface area contributed by atoms with Crippen LogP contribution in [0.5, 0.6) is 0 Å². The van der Waals surface area contributed by atoms with Crippen LogP contribution in [0.15, 0.2) is 10.9 Å². The van der Waals surface area contributed by atoms with Gasteiger partial charge in [-0.05, 0) is 6.42 Å². The van der Waals surface area contributed by atoms with Crippen molar-refractivity contribution in [3.05, 3.63) is 16.6 Å². The molecular formula is C13H23ClN4O2S. The van der Waals surface area contributed by atoms with Crippen molar-refractivity contribution in [3.8, 4) is 0 Å². The third-order valence-electron chi connectivity index (χ3n) is 3.43. The van der Waals surface area contributed by atoms with E-state index in [9.17, 15) is 4.79 Å². The minimum atomic E-state index is -0.551. The van der Waals surface area contributed by atoms with Crippen LogP contribution in [0, 0.1) is 0 Å². The molecule has 0 radical (unpaired) electrons. The molecule has 0 saturated carbocycles. The number of nitrogens with zero attached hydrogens (tertiary/aromatic N) is 3. The fraction of sp³-hybridized carbons (Fsp3) is 0.692. The Morgan fingerprint density at radius 1 is 1.48 bits per heavy atom. The first-order chi connectivity index (χ1) is 9.70. The summed E-state index contributed by atoms with van der Waals surface area (Å²) in [4.78, 5) is 20.7. The third kappa shape index (κ3) is 5.52. The van der Waals surface area contributed by atoms with Gasteiger partial charge in [0.05, 0.1) is 17.8 Å². The molecule has 1 fully saturated rings. The molecule has 0 bridgehead atoms. The second kappa shape index (κ2) is 9.32. The van der Waals surface area contributed by atoms with Crippen LogP contribution in [0.3, 0.4) is 0 Å². The highest BCUT2D eigenvalue weighted by molar-refractivity contribution is 7.07. The van der Waals surface area contributed by atoms with Gasteiger partial charge < -0.3 is 15.4 Å². The van der Waals surface area contributed by atoms with Crippen LogP contribution in [0.2, 0.25) is 0 Å². The molecule has 1 aromatic heterocycles. The summed E-state index contributed by atoms with van der Waals surface area (Å²) in [6.07, 6.45) is 0.968. The number of hydrogen-bond acceptors (Lipinski definition) is 6. The lowest BCUT2D eigenvalue weighted by atomic mass is 10.2. The van der Waals surface area contributed by atoms with Gasteiger partial charge in [0, 0.05) is 45.2 Å². The van der Waals surface area contributed by atoms with Crippen molar-refractivity contribution < 1.29 is 9.53 Å². The average molecular weight is 335 g/mol. The second-order valence-electron chi connectivity index (χ2n) is 5.00. The van der Waals surface area contributed by atoms with Crippen molar-refractivity contribution in [1.29, 1.82) is 0 Å². The molecule has 1 atom stereocenters. The number of ether oxygens (including phenoxy) is 1. The fourth-order valence-corrected chi connectivity index (χ4v) is 2.93. The van der Waals surface area contributed by atoms with Crippen LogP contribution < -0.4 is 5.73 Å². The van der Waals surface area contributed by atoms with Crippen molar-refractivity contribution in [1.82, 2.24) is 14.8 Å². The number of methoxy groups -OCH3 is 1. The zero-order valence-electron chi connectivity index (χ0n) is 12.2. The average Bonchev–Trinajstić information content (AvgIpc) is 2.83. The highest BCUT2D eigenvalue weighted by Crippen LogP contribution is 2.10. The number of rotatable bonds is 5. The van der Waals surface area contributed by atoms with Crippen LogP contribution >= 0.6 is 23.7 Å². The first-order valence-corrected chi connectivity index (χ1v) is 7.77. The molecule has 2 N–H and O–H groups in total. The maximum absolute atomic E-state index is 12.2. The van der Waals surface area contributed by atoms with Crippen LogP contribution in [-0.4, -0.2) is 66.6 Å². The number of carbonyl (C=O) groups is 1. The monoisotopic (exact) mass is 334 g/mol. The highest BCUT2D eigenvalue weighted by Gasteiger charge is 2.23. The van der Waals surface area contributed by atoms with Crippen molar-refractivity contribution in [2.45, 2.75) is 19.0 Å². The Morgan fingerprint density at radius 3 is 2.95 bits per heavy atom. The molecule has 21 heavy (non-hydrogen) atoms. The van der Waals surface area contributed by atoms with E-state index in [1.807, 2.05) is 10.4 Å². The third-order valence-corrected chi connectivity index (χ3v) is 4.07. The number of amides is 1. The zero-order chi connectivity index (χ0) is 14.4. The Bertz CT molecular complexity index is 418. The van der Waals surface area contributed by atoms with Gasteiger partial charge in [-0.1, -0.05) is 0 Å². The Kier molecular flexibility index (Phi) is 8.13. The molecule has 1 aromatic rings. The molecule has 6 nitrogen and oxygen atoms in total. The zero-order valence-corrected chi connectivity index (χ0v) is 13.9. The normalized spacial score (nSPS) is 17.9. The van der Waals surface area contributed by atoms with Crippen molar-refractivity contribution in [2.75, 3.05) is 39.9 Å². The van der Waals surface area contributed by atoms with Crippen LogP contribution in [0.1, 0.15) is 12.1 Å². The molecule has 8 heteroatoms. The van der Waals surface area contributed by atoms with Crippen LogP contribution in [-0.2, 0) is 16.1 Å². The van der Waals surface area contributed by atoms with Gasteiger partial charge in [-0.25, -0.2) is 4.98 Å². The van der Waals surface area contributed by atoms with E-state index < -0.39 is 6.04 Å². The lowest BCUT2D eigenvalue weighted by Gasteiger charge is -2.24. The van der Waals surface area contributed by atoms with Gasteiger partial charge >= 0.3 is 0 Å². The highest BCUT2D eigenvalue weighted by atomic mass is 35.5. The SMILES string of the molecule is COCC(N)C(=O)N1CCCN(Cc2cscn2)CC1.Cl. The largest absolute Gasteiger partial charge is 0.383 e. The van der Waals surface area contributed by atoms with E-state index in [1.54, 1.807) is 18.4 Å². The Balaban J connectivity index is 0.00000220. The number of thiazole rings is 1. The second-order valence-corrected chi connectivity index (χ2v) is 5.72. The van der Waals surface area contributed by atoms with Gasteiger partial charge in [-0.3, -0.25) is 9.69 Å². The van der Waals surface area contributed by atoms with E-state index in [0.29, 0.717) is 0 Å². The summed E-state index contributed by atoms with van der Waals surface area (Å²) in [6, 6.07) is -0.551. The van der Waals surface area contributed by atoms with Gasteiger partial charge in [0.25, 0.3) is 0 Å². The van der Waals surface area contributed by atoms with Crippen molar-refractivity contribution in [3.63, 3.8) is 0 Å². The Hall–Kier alpha value is -0.730. The Morgan fingerprint density at radius 2 is 2.29 bits per heavy atom. The summed E-state index contributed by atoms with van der Waals surface area (Å²) in [6.45, 7) is 4.47. The summed E-state index contributed by atoms with van der Waals surface area (Å²) >= 11 is 1.62. The predicted octanol–water partition coefficient (Wildman–Crippen LogP) is 0.573. The number of aromatic nitrogens is 1. The van der Waals surface area contributed by atoms with Gasteiger partial charge in [-0.2, -0.15) is 0 Å². The molecule has 1 amide bonds. The molecule has 2 heterocycles. The van der Waals surface area contributed by atoms with E-state index >= 15 is 0 Å². The maximum Gasteiger partial charge on any atom is 0.241 e. The van der Waals surface area contributed by atoms with Gasteiger partial charge in [-0.15, -0.1) is 23.7 Å². The van der Waals surface area contributed by atoms with Gasteiger partial charge in [0.15, 0.2) is 0 Å². The minimum absolute atomic E-state index is 0. The summed E-state index contributed by atoms with van der Waals surface area (Å²) in [5.41, 5.74) is 8.77. The molecule has 120 valence electrons. The number of hydrogen-bond donors (Lipinski definition) is 1. The van der Waals surface area contributed by atoms with Gasteiger partial charge in [0.1, 0.15) is 6.04 Å². The lowest BCUT2D eigenvalue weighted by molar-refractivity contribution is -0.133. The van der Waals surface area contributed by atoms with E-state index in [-0.39, 0.29) is 24.9 Å².